The lowest BCUT2D eigenvalue weighted by Gasteiger charge is -2.56. The molecule has 75 heavy (non-hydrogen) atoms. The maximum atomic E-state index is 12.6. The number of allylic oxidation sites excluding steroid dienone is 14. The van der Waals surface area contributed by atoms with Crippen LogP contribution in [-0.2, 0) is 28.5 Å². The van der Waals surface area contributed by atoms with Gasteiger partial charge < -0.3 is 80.9 Å². The highest BCUT2D eigenvalue weighted by Gasteiger charge is 2.52. The van der Waals surface area contributed by atoms with Crippen molar-refractivity contribution in [3.05, 3.63) is 96.7 Å². The van der Waals surface area contributed by atoms with Crippen molar-refractivity contribution in [3.63, 3.8) is 0 Å². The normalized spacial score (nSPS) is 45.0. The largest absolute Gasteiger partial charge is 0.481 e. The molecule has 424 valence electrons. The molecular weight excluding hydrogens is 971 g/mol. The zero-order chi connectivity index (χ0) is 55.8. The minimum atomic E-state index is -2.33. The highest BCUT2D eigenvalue weighted by Crippen LogP contribution is 2.59. The summed E-state index contributed by atoms with van der Waals surface area (Å²) in [7, 11) is 0. The fourth-order valence-corrected chi connectivity index (χ4v) is 10.6. The lowest BCUT2D eigenvalue weighted by Crippen LogP contribution is -2.61. The number of ether oxygens (including phenoxy) is 4. The number of aliphatic carboxylic acids is 1. The van der Waals surface area contributed by atoms with Crippen LogP contribution in [-0.4, -0.2) is 166 Å². The first-order valence-corrected chi connectivity index (χ1v) is 26.6. The van der Waals surface area contributed by atoms with E-state index in [0.29, 0.717) is 5.41 Å². The number of rotatable bonds is 3. The first kappa shape index (κ1) is 63.8. The molecule has 6 rings (SSSR count). The predicted octanol–water partition coefficient (Wildman–Crippen LogP) is 3.71. The van der Waals surface area contributed by atoms with Crippen LogP contribution in [0.1, 0.15) is 113 Å². The van der Waals surface area contributed by atoms with E-state index in [1.807, 2.05) is 19.1 Å². The number of esters is 1. The summed E-state index contributed by atoms with van der Waals surface area (Å²) < 4.78 is 23.1. The SMILES string of the molecule is CC1=CC[C@H]2C[C@@H]1C2(C)C.C[C@@H]1[C@H](O)[C@@H](C)/C=C/C=C/C=C/C=C/C=C/C=C/C=C/[C@H](O[C@@H]2O[C@H](C)[C@@H](O)[C@H](N)[C@@H]2O)C[C@@H]2O[C@](O)(C[C@@H](O)C[C@@H](O)[C@H](O)CC[C@@H](O)C[C@@H](O)CC(=O)O[C@H]1C)C[C@H](O)[C@H]2C(=O)O. The van der Waals surface area contributed by atoms with Crippen molar-refractivity contribution in [3.8, 4) is 0 Å². The number of carboxylic acids is 1. The molecule has 0 spiro atoms. The molecule has 1 saturated carbocycles. The van der Waals surface area contributed by atoms with Gasteiger partial charge in [0.1, 0.15) is 18.1 Å². The Kier molecular flexibility index (Phi) is 25.4. The topological polar surface area (TPSA) is 320 Å². The number of carbonyl (C=O) groups is 2. The molecule has 6 aliphatic rings. The number of hydrogen-bond acceptors (Lipinski definition) is 17. The van der Waals surface area contributed by atoms with Crippen LogP contribution in [0.5, 0.6) is 0 Å². The van der Waals surface area contributed by atoms with Crippen molar-refractivity contribution >= 4 is 11.9 Å². The Morgan fingerprint density at radius 3 is 1.81 bits per heavy atom. The molecule has 3 aliphatic heterocycles. The maximum absolute atomic E-state index is 12.6. The summed E-state index contributed by atoms with van der Waals surface area (Å²) in [6, 6.07) is -1.15. The van der Waals surface area contributed by atoms with Gasteiger partial charge in [-0.2, -0.15) is 0 Å². The molecule has 18 nitrogen and oxygen atoms in total. The van der Waals surface area contributed by atoms with Crippen LogP contribution in [0.3, 0.4) is 0 Å². The predicted molar refractivity (Wildman–Crippen MR) is 281 cm³/mol. The second kappa shape index (κ2) is 29.9. The summed E-state index contributed by atoms with van der Waals surface area (Å²) in [5.41, 5.74) is 8.30. The van der Waals surface area contributed by atoms with Gasteiger partial charge in [-0.25, -0.2) is 0 Å². The second-order valence-corrected chi connectivity index (χ2v) is 22.1. The fourth-order valence-electron chi connectivity index (χ4n) is 10.6. The lowest BCUT2D eigenvalue weighted by atomic mass is 9.49. The summed E-state index contributed by atoms with van der Waals surface area (Å²) in [5, 5.41) is 118. The number of nitrogens with two attached hydrogens (primary N) is 1. The average molecular weight is 1060 g/mol. The van der Waals surface area contributed by atoms with Gasteiger partial charge in [-0.05, 0) is 70.1 Å². The minimum Gasteiger partial charge on any atom is -0.481 e. The molecule has 3 fully saturated rings. The van der Waals surface area contributed by atoms with Gasteiger partial charge >= 0.3 is 11.9 Å². The minimum absolute atomic E-state index is 0.107. The molecule has 0 amide bonds. The lowest BCUT2D eigenvalue weighted by molar-refractivity contribution is -0.308. The van der Waals surface area contributed by atoms with Crippen LogP contribution in [0.4, 0.5) is 0 Å². The number of aliphatic hydroxyl groups excluding tert-OH is 9. The monoisotopic (exact) mass is 1060 g/mol. The number of hydrogen-bond donors (Lipinski definition) is 12. The Bertz CT molecular complexity index is 2030. The van der Waals surface area contributed by atoms with E-state index in [9.17, 15) is 65.8 Å². The number of fused-ring (bicyclic) bond motifs is 3. The van der Waals surface area contributed by atoms with E-state index in [-0.39, 0.29) is 31.6 Å². The van der Waals surface area contributed by atoms with Gasteiger partial charge in [-0.15, -0.1) is 0 Å². The van der Waals surface area contributed by atoms with E-state index in [1.165, 1.54) is 25.8 Å². The van der Waals surface area contributed by atoms with Gasteiger partial charge in [-0.3, -0.25) is 9.59 Å². The van der Waals surface area contributed by atoms with Crippen molar-refractivity contribution in [2.24, 2.45) is 40.7 Å². The first-order chi connectivity index (χ1) is 35.2. The van der Waals surface area contributed by atoms with Gasteiger partial charge in [0, 0.05) is 37.5 Å². The molecule has 3 heterocycles. The smallest absolute Gasteiger partial charge is 0.311 e. The standard InChI is InChI=1S/C47H73NO17.C10H16/c1-27-17-15-13-11-9-7-5-6-8-10-12-14-16-18-34(64-46-44(58)41(48)43(57)30(4)63-46)24-38-40(45(59)60)37(54)26-47(61,65-38)25-33(51)22-36(53)35(52)20-19-31(49)21-32(50)23-39(55)62-29(3)28(2)42(27)56;1-7-4-5-8-6-9(7)10(8,2)3/h5-18,27-38,40-44,46,49-54,56-58,61H,19-26,48H2,1-4H3,(H,59,60);4,8-9H,5-6H2,1-3H3/b6-5+,9-7+,10-8+,13-11+,14-12+,17-15+,18-16+;/t27-,28-,29-,30+,31+,32+,33-,34-,35+,36+,37-,38-,40+,41-,42+,43+,44-,46-,47+;8-,9-/m00/s1. The molecule has 4 bridgehead atoms. The van der Waals surface area contributed by atoms with E-state index in [4.69, 9.17) is 24.7 Å². The van der Waals surface area contributed by atoms with Gasteiger partial charge in [0.05, 0.1) is 79.6 Å². The average Bonchev–Trinajstić information content (AvgIpc) is 3.32. The molecule has 21 atom stereocenters. The zero-order valence-electron chi connectivity index (χ0n) is 44.7. The molecule has 0 unspecified atom stereocenters. The van der Waals surface area contributed by atoms with Gasteiger partial charge in [0.15, 0.2) is 12.1 Å². The van der Waals surface area contributed by atoms with Crippen LogP contribution in [0, 0.1) is 35.0 Å². The van der Waals surface area contributed by atoms with E-state index in [1.54, 1.807) is 86.3 Å². The first-order valence-electron chi connectivity index (χ1n) is 26.6. The molecule has 2 saturated heterocycles. The number of cyclic esters (lactones) is 1. The summed E-state index contributed by atoms with van der Waals surface area (Å²) >= 11 is 0. The number of carboxylic acid groups (broad SMARTS) is 1. The van der Waals surface area contributed by atoms with Gasteiger partial charge in [0.25, 0.3) is 0 Å². The van der Waals surface area contributed by atoms with Crippen LogP contribution in [0.2, 0.25) is 0 Å². The Balaban J connectivity index is 0.00000107. The Morgan fingerprint density at radius 2 is 1.27 bits per heavy atom. The van der Waals surface area contributed by atoms with E-state index < -0.39 is 147 Å². The zero-order valence-corrected chi connectivity index (χ0v) is 44.7. The summed E-state index contributed by atoms with van der Waals surface area (Å²) in [5.74, 6) is -4.90. The van der Waals surface area contributed by atoms with E-state index >= 15 is 0 Å². The molecule has 0 aromatic heterocycles. The molecule has 0 aromatic carbocycles. The maximum Gasteiger partial charge on any atom is 0.311 e. The Labute approximate surface area is 442 Å². The number of carbonyl (C=O) groups excluding carboxylic acids is 1. The van der Waals surface area contributed by atoms with Gasteiger partial charge in [-0.1, -0.05) is 124 Å². The molecule has 3 aliphatic carbocycles. The molecule has 0 aromatic rings. The third-order valence-corrected chi connectivity index (χ3v) is 15.8. The quantitative estimate of drug-likeness (QED) is 0.142. The van der Waals surface area contributed by atoms with E-state index in [0.717, 1.165) is 11.8 Å². The van der Waals surface area contributed by atoms with Crippen LogP contribution in [0.25, 0.3) is 0 Å². The van der Waals surface area contributed by atoms with Gasteiger partial charge in [0.2, 0.25) is 0 Å². The molecule has 18 heteroatoms. The third kappa shape index (κ3) is 19.3. The van der Waals surface area contributed by atoms with Crippen LogP contribution in [0.15, 0.2) is 96.7 Å². The fraction of sp³-hybridized carbons (Fsp3) is 0.684. The highest BCUT2D eigenvalue weighted by atomic mass is 16.7. The summed E-state index contributed by atoms with van der Waals surface area (Å²) in [6.45, 7) is 13.9. The second-order valence-electron chi connectivity index (χ2n) is 22.1. The van der Waals surface area contributed by atoms with Crippen LogP contribution < -0.4 is 5.73 Å². The molecule has 0 radical (unpaired) electrons. The van der Waals surface area contributed by atoms with Crippen molar-refractivity contribution in [1.82, 2.24) is 0 Å². The van der Waals surface area contributed by atoms with Crippen molar-refractivity contribution in [2.75, 3.05) is 0 Å². The number of aliphatic hydroxyl groups is 10. The molecule has 13 N–H and O–H groups in total. The molecular formula is C57H89NO17. The van der Waals surface area contributed by atoms with Crippen molar-refractivity contribution < 1.29 is 84.7 Å². The van der Waals surface area contributed by atoms with Crippen molar-refractivity contribution in [1.29, 1.82) is 0 Å². The van der Waals surface area contributed by atoms with Crippen molar-refractivity contribution in [2.45, 2.75) is 210 Å². The Morgan fingerprint density at radius 1 is 0.680 bits per heavy atom. The summed E-state index contributed by atoms with van der Waals surface area (Å²) in [4.78, 5) is 25.1. The van der Waals surface area contributed by atoms with Crippen LogP contribution >= 0.6 is 0 Å². The highest BCUT2D eigenvalue weighted by molar-refractivity contribution is 5.71. The Hall–Kier alpha value is -3.70. The summed E-state index contributed by atoms with van der Waals surface area (Å²) in [6.07, 6.45) is 8.70. The van der Waals surface area contributed by atoms with E-state index in [2.05, 4.69) is 26.8 Å². The third-order valence-electron chi connectivity index (χ3n) is 15.8.